The van der Waals surface area contributed by atoms with Crippen LogP contribution < -0.4 is 5.32 Å². The number of carbonyl (C=O) groups excluding carboxylic acids is 1. The topological polar surface area (TPSA) is 29.1 Å². The largest absolute Gasteiger partial charge is 0.321 e. The lowest BCUT2D eigenvalue weighted by molar-refractivity contribution is 0.102. The summed E-state index contributed by atoms with van der Waals surface area (Å²) in [4.78, 5) is 12.1. The molecule has 1 amide bonds. The molecule has 0 heterocycles. The summed E-state index contributed by atoms with van der Waals surface area (Å²) in [5.74, 6) is -0.208. The van der Waals surface area contributed by atoms with Gasteiger partial charge in [0.25, 0.3) is 5.91 Å². The Labute approximate surface area is 135 Å². The average molecular weight is 406 g/mol. The Morgan fingerprint density at radius 3 is 2.58 bits per heavy atom. The van der Waals surface area contributed by atoms with Crippen LogP contribution in [0.2, 0.25) is 10.0 Å². The summed E-state index contributed by atoms with van der Waals surface area (Å²) in [6, 6.07) is 10.7. The van der Waals surface area contributed by atoms with E-state index in [1.165, 1.54) is 0 Å². The van der Waals surface area contributed by atoms with Crippen LogP contribution in [0.3, 0.4) is 0 Å². The zero-order valence-electron chi connectivity index (χ0n) is 10.0. The third-order valence-corrected chi connectivity index (χ3v) is 3.97. The standard InChI is InChI=1S/C14H10Cl2INO/c1-8-5-12(16)13(7-11(8)15)18-14(19)9-3-2-4-10(17)6-9/h2-7H,1H3,(H,18,19). The molecule has 0 saturated carbocycles. The first-order valence-corrected chi connectivity index (χ1v) is 7.33. The van der Waals surface area contributed by atoms with E-state index in [0.717, 1.165) is 9.13 Å². The van der Waals surface area contributed by atoms with E-state index in [1.807, 2.05) is 19.1 Å². The molecule has 19 heavy (non-hydrogen) atoms. The number of halogens is 3. The molecule has 0 fully saturated rings. The minimum absolute atomic E-state index is 0.208. The van der Waals surface area contributed by atoms with E-state index in [4.69, 9.17) is 23.2 Å². The van der Waals surface area contributed by atoms with Crippen molar-refractivity contribution in [2.75, 3.05) is 5.32 Å². The van der Waals surface area contributed by atoms with Gasteiger partial charge in [0.15, 0.2) is 0 Å². The van der Waals surface area contributed by atoms with E-state index in [-0.39, 0.29) is 5.91 Å². The van der Waals surface area contributed by atoms with Gasteiger partial charge in [-0.2, -0.15) is 0 Å². The number of carbonyl (C=O) groups is 1. The fourth-order valence-electron chi connectivity index (χ4n) is 1.57. The molecule has 0 saturated heterocycles. The maximum atomic E-state index is 12.1. The summed E-state index contributed by atoms with van der Waals surface area (Å²) in [5.41, 5.74) is 1.97. The number of hydrogen-bond acceptors (Lipinski definition) is 1. The molecule has 2 nitrogen and oxygen atoms in total. The fourth-order valence-corrected chi connectivity index (χ4v) is 2.54. The summed E-state index contributed by atoms with van der Waals surface area (Å²) in [6.45, 7) is 1.86. The van der Waals surface area contributed by atoms with Crippen molar-refractivity contribution in [3.05, 3.63) is 61.1 Å². The van der Waals surface area contributed by atoms with Crippen molar-refractivity contribution in [2.24, 2.45) is 0 Å². The van der Waals surface area contributed by atoms with Crippen molar-refractivity contribution >= 4 is 57.4 Å². The molecule has 0 aromatic heterocycles. The molecule has 1 N–H and O–H groups in total. The number of benzene rings is 2. The van der Waals surface area contributed by atoms with E-state index >= 15 is 0 Å². The summed E-state index contributed by atoms with van der Waals surface area (Å²) in [7, 11) is 0. The van der Waals surface area contributed by atoms with Crippen LogP contribution in [0.4, 0.5) is 5.69 Å². The molecule has 0 spiro atoms. The predicted molar refractivity (Wildman–Crippen MR) is 88.3 cm³/mol. The molecule has 98 valence electrons. The smallest absolute Gasteiger partial charge is 0.255 e. The highest BCUT2D eigenvalue weighted by atomic mass is 127. The van der Waals surface area contributed by atoms with Gasteiger partial charge in [0, 0.05) is 14.2 Å². The first-order chi connectivity index (χ1) is 8.97. The first kappa shape index (κ1) is 14.6. The lowest BCUT2D eigenvalue weighted by atomic mass is 10.2. The molecular weight excluding hydrogens is 396 g/mol. The second-order valence-electron chi connectivity index (χ2n) is 4.05. The van der Waals surface area contributed by atoms with E-state index in [0.29, 0.717) is 21.3 Å². The zero-order valence-corrected chi connectivity index (χ0v) is 13.7. The van der Waals surface area contributed by atoms with Crippen LogP contribution in [-0.2, 0) is 0 Å². The Balaban J connectivity index is 2.27. The van der Waals surface area contributed by atoms with Gasteiger partial charge in [0.05, 0.1) is 10.7 Å². The van der Waals surface area contributed by atoms with E-state index < -0.39 is 0 Å². The van der Waals surface area contributed by atoms with Gasteiger partial charge in [-0.3, -0.25) is 4.79 Å². The number of hydrogen-bond donors (Lipinski definition) is 1. The van der Waals surface area contributed by atoms with Crippen LogP contribution >= 0.6 is 45.8 Å². The molecule has 2 aromatic carbocycles. The molecule has 0 unspecified atom stereocenters. The Bertz CT molecular complexity index is 643. The lowest BCUT2D eigenvalue weighted by Crippen LogP contribution is -2.12. The molecule has 5 heteroatoms. The maximum Gasteiger partial charge on any atom is 0.255 e. The lowest BCUT2D eigenvalue weighted by Gasteiger charge is -2.09. The Hall–Kier alpha value is -0.780. The number of rotatable bonds is 2. The first-order valence-electron chi connectivity index (χ1n) is 5.50. The molecule has 0 aliphatic heterocycles. The van der Waals surface area contributed by atoms with Crippen LogP contribution in [0.15, 0.2) is 36.4 Å². The van der Waals surface area contributed by atoms with Crippen LogP contribution in [0.1, 0.15) is 15.9 Å². The molecule has 2 aromatic rings. The Kier molecular flexibility index (Phi) is 4.71. The van der Waals surface area contributed by atoms with Gasteiger partial charge >= 0.3 is 0 Å². The third kappa shape index (κ3) is 3.61. The molecule has 0 radical (unpaired) electrons. The number of amides is 1. The van der Waals surface area contributed by atoms with Crippen LogP contribution in [0.25, 0.3) is 0 Å². The van der Waals surface area contributed by atoms with Crippen molar-refractivity contribution in [1.29, 1.82) is 0 Å². The van der Waals surface area contributed by atoms with Crippen molar-refractivity contribution in [2.45, 2.75) is 6.92 Å². The highest BCUT2D eigenvalue weighted by Gasteiger charge is 2.10. The van der Waals surface area contributed by atoms with Gasteiger partial charge in [0.2, 0.25) is 0 Å². The van der Waals surface area contributed by atoms with E-state index in [9.17, 15) is 4.79 Å². The average Bonchev–Trinajstić information content (AvgIpc) is 2.36. The van der Waals surface area contributed by atoms with Gasteiger partial charge in [-0.25, -0.2) is 0 Å². The SMILES string of the molecule is Cc1cc(Cl)c(NC(=O)c2cccc(I)c2)cc1Cl. The van der Waals surface area contributed by atoms with Crippen molar-refractivity contribution in [1.82, 2.24) is 0 Å². The molecule has 0 bridgehead atoms. The van der Waals surface area contributed by atoms with Crippen LogP contribution in [0.5, 0.6) is 0 Å². The molecular formula is C14H10Cl2INO. The number of nitrogens with one attached hydrogen (secondary N) is 1. The van der Waals surface area contributed by atoms with Gasteiger partial charge in [0.1, 0.15) is 0 Å². The zero-order chi connectivity index (χ0) is 14.0. The van der Waals surface area contributed by atoms with Gasteiger partial charge in [-0.15, -0.1) is 0 Å². The summed E-state index contributed by atoms with van der Waals surface area (Å²) < 4.78 is 0.998. The highest BCUT2D eigenvalue weighted by Crippen LogP contribution is 2.29. The molecule has 0 aliphatic rings. The predicted octanol–water partition coefficient (Wildman–Crippen LogP) is 5.16. The highest BCUT2D eigenvalue weighted by molar-refractivity contribution is 14.1. The van der Waals surface area contributed by atoms with E-state index in [1.54, 1.807) is 24.3 Å². The van der Waals surface area contributed by atoms with Crippen molar-refractivity contribution < 1.29 is 4.79 Å². The maximum absolute atomic E-state index is 12.1. The summed E-state index contributed by atoms with van der Waals surface area (Å²) in [6.07, 6.45) is 0. The van der Waals surface area contributed by atoms with Crippen molar-refractivity contribution in [3.8, 4) is 0 Å². The molecule has 2 rings (SSSR count). The fraction of sp³-hybridized carbons (Fsp3) is 0.0714. The quantitative estimate of drug-likeness (QED) is 0.687. The van der Waals surface area contributed by atoms with Gasteiger partial charge < -0.3 is 5.32 Å². The number of anilines is 1. The summed E-state index contributed by atoms with van der Waals surface area (Å²) >= 11 is 14.3. The second kappa shape index (κ2) is 6.11. The van der Waals surface area contributed by atoms with Gasteiger partial charge in [-0.05, 0) is 65.4 Å². The molecule has 0 atom stereocenters. The minimum Gasteiger partial charge on any atom is -0.321 e. The van der Waals surface area contributed by atoms with Crippen LogP contribution in [0, 0.1) is 10.5 Å². The minimum atomic E-state index is -0.208. The van der Waals surface area contributed by atoms with E-state index in [2.05, 4.69) is 27.9 Å². The molecule has 0 aliphatic carbocycles. The monoisotopic (exact) mass is 405 g/mol. The normalized spacial score (nSPS) is 10.3. The Morgan fingerprint density at radius 1 is 1.16 bits per heavy atom. The van der Waals surface area contributed by atoms with Crippen molar-refractivity contribution in [3.63, 3.8) is 0 Å². The Morgan fingerprint density at radius 2 is 1.89 bits per heavy atom. The summed E-state index contributed by atoms with van der Waals surface area (Å²) in [5, 5.41) is 3.81. The third-order valence-electron chi connectivity index (χ3n) is 2.58. The van der Waals surface area contributed by atoms with Crippen LogP contribution in [-0.4, -0.2) is 5.91 Å². The number of aryl methyl sites for hydroxylation is 1. The second-order valence-corrected chi connectivity index (χ2v) is 6.11. The van der Waals surface area contributed by atoms with Gasteiger partial charge in [-0.1, -0.05) is 29.3 Å².